The van der Waals surface area contributed by atoms with Crippen LogP contribution < -0.4 is 10.6 Å². The molecule has 2 heterocycles. The van der Waals surface area contributed by atoms with Gasteiger partial charge in [-0.1, -0.05) is 19.3 Å². The van der Waals surface area contributed by atoms with Crippen molar-refractivity contribution >= 4 is 51.9 Å². The third-order valence-corrected chi connectivity index (χ3v) is 8.69. The van der Waals surface area contributed by atoms with Gasteiger partial charge < -0.3 is 10.6 Å². The zero-order valence-electron chi connectivity index (χ0n) is 16.2. The number of carbonyl (C=O) groups excluding carboxylic acids is 1. The van der Waals surface area contributed by atoms with Crippen LogP contribution in [0.3, 0.4) is 0 Å². The molecule has 0 spiro atoms. The van der Waals surface area contributed by atoms with Gasteiger partial charge in [-0.05, 0) is 38.8 Å². The summed E-state index contributed by atoms with van der Waals surface area (Å²) in [6.45, 7) is 1.54. The summed E-state index contributed by atoms with van der Waals surface area (Å²) in [4.78, 5) is 17.4. The van der Waals surface area contributed by atoms with E-state index >= 15 is 0 Å². The molecule has 1 aromatic heterocycles. The maximum absolute atomic E-state index is 12.7. The van der Waals surface area contributed by atoms with E-state index in [9.17, 15) is 13.2 Å². The van der Waals surface area contributed by atoms with E-state index in [-0.39, 0.29) is 30.7 Å². The highest BCUT2D eigenvalue weighted by atomic mass is 35.5. The molecule has 2 aliphatic rings. The van der Waals surface area contributed by atoms with Gasteiger partial charge in [0.2, 0.25) is 5.91 Å². The number of hydrogen-bond acceptors (Lipinski definition) is 6. The van der Waals surface area contributed by atoms with Crippen LogP contribution in [0.15, 0.2) is 5.38 Å². The van der Waals surface area contributed by atoms with Crippen LogP contribution in [0.1, 0.15) is 61.6 Å². The molecule has 2 fully saturated rings. The van der Waals surface area contributed by atoms with Crippen molar-refractivity contribution in [2.24, 2.45) is 0 Å². The van der Waals surface area contributed by atoms with Gasteiger partial charge in [-0.15, -0.1) is 36.2 Å². The molecule has 3 rings (SSSR count). The Labute approximate surface area is 184 Å². The maximum Gasteiger partial charge on any atom is 0.241 e. The molecule has 0 unspecified atom stereocenters. The fourth-order valence-corrected chi connectivity index (χ4v) is 6.30. The second-order valence-corrected chi connectivity index (χ2v) is 10.8. The van der Waals surface area contributed by atoms with Crippen molar-refractivity contribution in [2.45, 2.75) is 62.0 Å². The van der Waals surface area contributed by atoms with E-state index in [0.29, 0.717) is 44.8 Å². The number of thiazole rings is 1. The van der Waals surface area contributed by atoms with E-state index in [0.717, 1.165) is 5.01 Å². The molecule has 0 radical (unpaired) electrons. The minimum Gasteiger partial charge on any atom is -0.354 e. The Bertz CT molecular complexity index is 728. The average Bonchev–Trinajstić information content (AvgIpc) is 3.11. The molecule has 162 valence electrons. The van der Waals surface area contributed by atoms with Gasteiger partial charge in [-0.3, -0.25) is 4.79 Å². The van der Waals surface area contributed by atoms with Crippen molar-refractivity contribution < 1.29 is 13.2 Å². The Morgan fingerprint density at radius 2 is 1.89 bits per heavy atom. The predicted octanol–water partition coefficient (Wildman–Crippen LogP) is 2.86. The van der Waals surface area contributed by atoms with Gasteiger partial charge in [0.1, 0.15) is 0 Å². The van der Waals surface area contributed by atoms with E-state index in [1.54, 1.807) is 11.3 Å². The standard InChI is InChI=1S/C18H29N3O3S2.2ClH/c1-26(23,24)18(8-11-19-12-9-18)17(22)20-10-7-16-21-15(13-25-16)14-5-3-2-4-6-14;;/h13-14,19H,2-12H2,1H3,(H,20,22);2*1H. The number of amides is 1. The van der Waals surface area contributed by atoms with Crippen molar-refractivity contribution in [1.29, 1.82) is 0 Å². The molecule has 0 bridgehead atoms. The number of aromatic nitrogens is 1. The van der Waals surface area contributed by atoms with Crippen LogP contribution >= 0.6 is 36.2 Å². The number of halogens is 2. The van der Waals surface area contributed by atoms with Crippen molar-refractivity contribution in [3.05, 3.63) is 16.1 Å². The first kappa shape index (κ1) is 25.6. The smallest absolute Gasteiger partial charge is 0.241 e. The maximum atomic E-state index is 12.7. The van der Waals surface area contributed by atoms with Gasteiger partial charge in [0, 0.05) is 30.5 Å². The number of rotatable bonds is 6. The third-order valence-electron chi connectivity index (χ3n) is 5.75. The lowest BCUT2D eigenvalue weighted by atomic mass is 9.87. The van der Waals surface area contributed by atoms with Crippen LogP contribution in [0.4, 0.5) is 0 Å². The molecule has 1 amide bonds. The number of nitrogens with one attached hydrogen (secondary N) is 2. The van der Waals surface area contributed by atoms with Gasteiger partial charge in [0.05, 0.1) is 10.7 Å². The Balaban J connectivity index is 0.00000196. The Morgan fingerprint density at radius 3 is 2.50 bits per heavy atom. The van der Waals surface area contributed by atoms with Crippen LogP contribution in [-0.2, 0) is 21.1 Å². The van der Waals surface area contributed by atoms with Crippen LogP contribution in [0, 0.1) is 0 Å². The van der Waals surface area contributed by atoms with Gasteiger partial charge in [0.25, 0.3) is 0 Å². The second-order valence-electron chi connectivity index (χ2n) is 7.52. The molecule has 0 atom stereocenters. The fraction of sp³-hybridized carbons (Fsp3) is 0.778. The molecule has 1 saturated heterocycles. The van der Waals surface area contributed by atoms with Gasteiger partial charge in [-0.25, -0.2) is 13.4 Å². The molecule has 1 aliphatic heterocycles. The number of sulfone groups is 1. The van der Waals surface area contributed by atoms with Crippen molar-refractivity contribution in [3.63, 3.8) is 0 Å². The monoisotopic (exact) mass is 471 g/mol. The number of carbonyl (C=O) groups is 1. The van der Waals surface area contributed by atoms with Crippen LogP contribution in [0.25, 0.3) is 0 Å². The summed E-state index contributed by atoms with van der Waals surface area (Å²) >= 11 is 1.64. The van der Waals surface area contributed by atoms with E-state index in [2.05, 4.69) is 16.0 Å². The minimum absolute atomic E-state index is 0. The molecular formula is C18H31Cl2N3O3S2. The van der Waals surface area contributed by atoms with Gasteiger partial charge >= 0.3 is 0 Å². The van der Waals surface area contributed by atoms with Crippen molar-refractivity contribution in [1.82, 2.24) is 15.6 Å². The van der Waals surface area contributed by atoms with E-state index in [1.807, 2.05) is 0 Å². The Kier molecular flexibility index (Phi) is 10.2. The van der Waals surface area contributed by atoms with Crippen LogP contribution in [0.2, 0.25) is 0 Å². The van der Waals surface area contributed by atoms with E-state index in [4.69, 9.17) is 4.98 Å². The Morgan fingerprint density at radius 1 is 1.25 bits per heavy atom. The largest absolute Gasteiger partial charge is 0.354 e. The molecule has 10 heteroatoms. The second kappa shape index (κ2) is 11.1. The lowest BCUT2D eigenvalue weighted by Crippen LogP contribution is -2.57. The molecule has 1 saturated carbocycles. The predicted molar refractivity (Wildman–Crippen MR) is 119 cm³/mol. The summed E-state index contributed by atoms with van der Waals surface area (Å²) < 4.78 is 23.2. The van der Waals surface area contributed by atoms with Crippen LogP contribution in [0.5, 0.6) is 0 Å². The summed E-state index contributed by atoms with van der Waals surface area (Å²) in [6, 6.07) is 0. The summed E-state index contributed by atoms with van der Waals surface area (Å²) in [6.07, 6.45) is 8.86. The van der Waals surface area contributed by atoms with Gasteiger partial charge in [-0.2, -0.15) is 0 Å². The lowest BCUT2D eigenvalue weighted by molar-refractivity contribution is -0.124. The quantitative estimate of drug-likeness (QED) is 0.665. The van der Waals surface area contributed by atoms with Crippen LogP contribution in [-0.4, -0.2) is 49.9 Å². The molecule has 1 aliphatic carbocycles. The molecule has 28 heavy (non-hydrogen) atoms. The summed E-state index contributed by atoms with van der Waals surface area (Å²) in [7, 11) is -3.46. The zero-order chi connectivity index (χ0) is 18.6. The molecule has 1 aromatic rings. The van der Waals surface area contributed by atoms with E-state index < -0.39 is 14.6 Å². The topological polar surface area (TPSA) is 88.2 Å². The van der Waals surface area contributed by atoms with Gasteiger partial charge in [0.15, 0.2) is 14.6 Å². The normalized spacial score (nSPS) is 19.9. The SMILES string of the molecule is CS(=O)(=O)C1(C(=O)NCCc2nc(C3CCCCC3)cs2)CCNCC1.Cl.Cl. The lowest BCUT2D eigenvalue weighted by Gasteiger charge is -2.34. The highest BCUT2D eigenvalue weighted by Crippen LogP contribution is 2.33. The zero-order valence-corrected chi connectivity index (χ0v) is 19.5. The molecular weight excluding hydrogens is 441 g/mol. The number of nitrogens with zero attached hydrogens (tertiary/aromatic N) is 1. The minimum atomic E-state index is -3.46. The Hall–Kier alpha value is -0.410. The molecule has 6 nitrogen and oxygen atoms in total. The third kappa shape index (κ3) is 5.81. The first-order chi connectivity index (χ1) is 12.4. The highest BCUT2D eigenvalue weighted by Gasteiger charge is 2.48. The molecule has 0 aromatic carbocycles. The first-order valence-corrected chi connectivity index (χ1v) is 12.3. The van der Waals surface area contributed by atoms with E-state index in [1.165, 1.54) is 44.1 Å². The number of hydrogen-bond donors (Lipinski definition) is 2. The highest BCUT2D eigenvalue weighted by molar-refractivity contribution is 7.92. The first-order valence-electron chi connectivity index (χ1n) is 9.55. The number of piperidine rings is 1. The summed E-state index contributed by atoms with van der Waals surface area (Å²) in [5.74, 6) is 0.233. The summed E-state index contributed by atoms with van der Waals surface area (Å²) in [5, 5.41) is 9.16. The average molecular weight is 473 g/mol. The van der Waals surface area contributed by atoms with Crippen molar-refractivity contribution in [3.8, 4) is 0 Å². The van der Waals surface area contributed by atoms with Crippen molar-refractivity contribution in [2.75, 3.05) is 25.9 Å². The molecule has 2 N–H and O–H groups in total. The summed E-state index contributed by atoms with van der Waals surface area (Å²) in [5.41, 5.74) is 1.20. The fourth-order valence-electron chi connectivity index (χ4n) is 4.07.